The number of hydrogen-bond donors (Lipinski definition) is 1. The van der Waals surface area contributed by atoms with Crippen LogP contribution in [-0.2, 0) is 11.3 Å². The number of pyridine rings is 1. The van der Waals surface area contributed by atoms with Crippen LogP contribution >= 0.6 is 0 Å². The minimum absolute atomic E-state index is 0.150. The van der Waals surface area contributed by atoms with Crippen LogP contribution in [0.4, 0.5) is 0 Å². The Balaban J connectivity index is 2.11. The number of carbonyl (C=O) groups is 1. The van der Waals surface area contributed by atoms with Gasteiger partial charge in [0.05, 0.1) is 11.0 Å². The molecule has 3 rings (SSSR count). The predicted octanol–water partition coefficient (Wildman–Crippen LogP) is 3.58. The summed E-state index contributed by atoms with van der Waals surface area (Å²) in [6, 6.07) is 8.06. The van der Waals surface area contributed by atoms with Crippen molar-refractivity contribution >= 4 is 17.0 Å². The quantitative estimate of drug-likeness (QED) is 0.782. The monoisotopic (exact) mass is 309 g/mol. The fourth-order valence-electron chi connectivity index (χ4n) is 2.71. The summed E-state index contributed by atoms with van der Waals surface area (Å²) in [5.74, 6) is 0.0628. The molecule has 1 aromatic carbocycles. The molecule has 0 saturated heterocycles. The van der Waals surface area contributed by atoms with Gasteiger partial charge in [-0.05, 0) is 55.7 Å². The molecule has 2 heterocycles. The summed E-state index contributed by atoms with van der Waals surface area (Å²) in [5, 5.41) is 8.89. The van der Waals surface area contributed by atoms with Crippen LogP contribution in [0.3, 0.4) is 0 Å². The molecule has 0 atom stereocenters. The van der Waals surface area contributed by atoms with Gasteiger partial charge in [0.2, 0.25) is 0 Å². The van der Waals surface area contributed by atoms with Gasteiger partial charge in [0.15, 0.2) is 0 Å². The van der Waals surface area contributed by atoms with Gasteiger partial charge in [0.25, 0.3) is 0 Å². The molecule has 5 nitrogen and oxygen atoms in total. The van der Waals surface area contributed by atoms with E-state index >= 15 is 0 Å². The number of carboxylic acid groups (broad SMARTS) is 1. The fourth-order valence-corrected chi connectivity index (χ4v) is 2.71. The first-order valence-corrected chi connectivity index (χ1v) is 7.66. The van der Waals surface area contributed by atoms with E-state index in [1.54, 1.807) is 12.4 Å². The average Bonchev–Trinajstić information content (AvgIpc) is 2.86. The van der Waals surface area contributed by atoms with E-state index in [0.717, 1.165) is 22.4 Å². The van der Waals surface area contributed by atoms with E-state index in [4.69, 9.17) is 10.1 Å². The third-order valence-corrected chi connectivity index (χ3v) is 4.06. The third kappa shape index (κ3) is 3.08. The maximum atomic E-state index is 10.8. The Morgan fingerprint density at radius 3 is 2.74 bits per heavy atom. The molecule has 5 heteroatoms. The Morgan fingerprint density at radius 1 is 1.26 bits per heavy atom. The number of aliphatic carboxylic acids is 1. The number of nitrogens with zero attached hydrogens (tertiary/aromatic N) is 3. The molecule has 0 amide bonds. The van der Waals surface area contributed by atoms with Crippen molar-refractivity contribution in [1.29, 1.82) is 0 Å². The Bertz CT molecular complexity index is 854. The third-order valence-electron chi connectivity index (χ3n) is 4.06. The molecule has 0 fully saturated rings. The molecule has 2 aromatic heterocycles. The maximum absolute atomic E-state index is 10.8. The summed E-state index contributed by atoms with van der Waals surface area (Å²) in [7, 11) is 0. The molecule has 0 spiro atoms. The van der Waals surface area contributed by atoms with Crippen LogP contribution in [-0.4, -0.2) is 25.6 Å². The van der Waals surface area contributed by atoms with Crippen LogP contribution < -0.4 is 0 Å². The number of fused-ring (bicyclic) bond motifs is 1. The van der Waals surface area contributed by atoms with Crippen molar-refractivity contribution in [1.82, 2.24) is 14.5 Å². The standard InChI is InChI=1S/C18H19N3O2/c1-12-9-15-16(10-13(12)2)21(8-4-6-17(22)23)18(20-15)14-5-3-7-19-11-14/h3,5,7,9-11H,4,6,8H2,1-2H3,(H,22,23). The topological polar surface area (TPSA) is 68.0 Å². The molecule has 1 N–H and O–H groups in total. The maximum Gasteiger partial charge on any atom is 0.303 e. The molecule has 0 unspecified atom stereocenters. The highest BCUT2D eigenvalue weighted by molar-refractivity contribution is 5.82. The second kappa shape index (κ2) is 6.20. The SMILES string of the molecule is Cc1cc2nc(-c3cccnc3)n(CCCC(=O)O)c2cc1C. The summed E-state index contributed by atoms with van der Waals surface area (Å²) in [6.45, 7) is 4.77. The van der Waals surface area contributed by atoms with E-state index in [-0.39, 0.29) is 6.42 Å². The minimum atomic E-state index is -0.774. The number of aryl methyl sites for hydroxylation is 3. The molecule has 3 aromatic rings. The van der Waals surface area contributed by atoms with Gasteiger partial charge in [-0.3, -0.25) is 9.78 Å². The van der Waals surface area contributed by atoms with Crippen molar-refractivity contribution in [2.24, 2.45) is 0 Å². The zero-order valence-electron chi connectivity index (χ0n) is 13.3. The molecular formula is C18H19N3O2. The first-order valence-electron chi connectivity index (χ1n) is 7.66. The number of benzene rings is 1. The van der Waals surface area contributed by atoms with Crippen LogP contribution in [0.5, 0.6) is 0 Å². The number of hydrogen-bond acceptors (Lipinski definition) is 3. The second-order valence-electron chi connectivity index (χ2n) is 5.75. The Morgan fingerprint density at radius 2 is 2.04 bits per heavy atom. The van der Waals surface area contributed by atoms with Gasteiger partial charge in [0, 0.05) is 30.9 Å². The van der Waals surface area contributed by atoms with E-state index in [0.29, 0.717) is 13.0 Å². The number of rotatable bonds is 5. The lowest BCUT2D eigenvalue weighted by Gasteiger charge is -2.09. The number of aromatic nitrogens is 3. The van der Waals surface area contributed by atoms with Crippen LogP contribution in [0.1, 0.15) is 24.0 Å². The van der Waals surface area contributed by atoms with E-state index < -0.39 is 5.97 Å². The van der Waals surface area contributed by atoms with Crippen molar-refractivity contribution in [2.75, 3.05) is 0 Å². The van der Waals surface area contributed by atoms with Gasteiger partial charge in [-0.2, -0.15) is 0 Å². The molecule has 23 heavy (non-hydrogen) atoms. The fraction of sp³-hybridized carbons (Fsp3) is 0.278. The Labute approximate surface area is 134 Å². The second-order valence-corrected chi connectivity index (χ2v) is 5.75. The van der Waals surface area contributed by atoms with E-state index in [2.05, 4.69) is 35.5 Å². The van der Waals surface area contributed by atoms with Crippen molar-refractivity contribution in [3.63, 3.8) is 0 Å². The lowest BCUT2D eigenvalue weighted by molar-refractivity contribution is -0.137. The van der Waals surface area contributed by atoms with Crippen molar-refractivity contribution < 1.29 is 9.90 Å². The molecule has 118 valence electrons. The van der Waals surface area contributed by atoms with Gasteiger partial charge in [-0.25, -0.2) is 4.98 Å². The molecule has 0 radical (unpaired) electrons. The van der Waals surface area contributed by atoms with Crippen molar-refractivity contribution in [3.05, 3.63) is 47.8 Å². The Hall–Kier alpha value is -2.69. The largest absolute Gasteiger partial charge is 0.481 e. The normalized spacial score (nSPS) is 11.0. The highest BCUT2D eigenvalue weighted by Gasteiger charge is 2.14. The van der Waals surface area contributed by atoms with Crippen LogP contribution in [0.2, 0.25) is 0 Å². The molecule has 0 bridgehead atoms. The van der Waals surface area contributed by atoms with Crippen LogP contribution in [0, 0.1) is 13.8 Å². The summed E-state index contributed by atoms with van der Waals surface area (Å²) in [4.78, 5) is 19.7. The Kier molecular flexibility index (Phi) is 4.10. The van der Waals surface area contributed by atoms with E-state index in [1.807, 2.05) is 12.1 Å². The van der Waals surface area contributed by atoms with Gasteiger partial charge in [-0.1, -0.05) is 0 Å². The van der Waals surface area contributed by atoms with Crippen molar-refractivity contribution in [2.45, 2.75) is 33.2 Å². The van der Waals surface area contributed by atoms with E-state index in [9.17, 15) is 4.79 Å². The molecular weight excluding hydrogens is 290 g/mol. The molecule has 0 aliphatic heterocycles. The summed E-state index contributed by atoms with van der Waals surface area (Å²) >= 11 is 0. The van der Waals surface area contributed by atoms with Crippen molar-refractivity contribution in [3.8, 4) is 11.4 Å². The van der Waals surface area contributed by atoms with Gasteiger partial charge < -0.3 is 9.67 Å². The average molecular weight is 309 g/mol. The van der Waals surface area contributed by atoms with Crippen LogP contribution in [0.25, 0.3) is 22.4 Å². The zero-order valence-corrected chi connectivity index (χ0v) is 13.3. The summed E-state index contributed by atoms with van der Waals surface area (Å²) in [6.07, 6.45) is 4.24. The molecule has 0 aliphatic carbocycles. The smallest absolute Gasteiger partial charge is 0.303 e. The highest BCUT2D eigenvalue weighted by atomic mass is 16.4. The highest BCUT2D eigenvalue weighted by Crippen LogP contribution is 2.27. The van der Waals surface area contributed by atoms with Gasteiger partial charge in [0.1, 0.15) is 5.82 Å². The first kappa shape index (κ1) is 15.2. The van der Waals surface area contributed by atoms with Crippen LogP contribution in [0.15, 0.2) is 36.7 Å². The predicted molar refractivity (Wildman–Crippen MR) is 89.3 cm³/mol. The number of carboxylic acids is 1. The lowest BCUT2D eigenvalue weighted by Crippen LogP contribution is -2.04. The first-order chi connectivity index (χ1) is 11.1. The van der Waals surface area contributed by atoms with Gasteiger partial charge in [-0.15, -0.1) is 0 Å². The van der Waals surface area contributed by atoms with E-state index in [1.165, 1.54) is 11.1 Å². The summed E-state index contributed by atoms with van der Waals surface area (Å²) in [5.41, 5.74) is 5.31. The zero-order chi connectivity index (χ0) is 16.4. The lowest BCUT2D eigenvalue weighted by atomic mass is 10.1. The minimum Gasteiger partial charge on any atom is -0.481 e. The summed E-state index contributed by atoms with van der Waals surface area (Å²) < 4.78 is 2.10. The number of imidazole rings is 1. The molecule has 0 aliphatic rings. The van der Waals surface area contributed by atoms with Gasteiger partial charge >= 0.3 is 5.97 Å². The molecule has 0 saturated carbocycles.